The highest BCUT2D eigenvalue weighted by atomic mass is 16.3. The van der Waals surface area contributed by atoms with Crippen molar-refractivity contribution < 1.29 is 10.2 Å². The average Bonchev–Trinajstić information content (AvgIpc) is 1.77. The summed E-state index contributed by atoms with van der Waals surface area (Å²) in [7, 11) is 0. The lowest BCUT2D eigenvalue weighted by atomic mass is 10.7. The molecule has 2 N–H and O–H groups in total. The van der Waals surface area contributed by atoms with Crippen LogP contribution in [0.25, 0.3) is 0 Å². The van der Waals surface area contributed by atoms with Gasteiger partial charge in [-0.15, -0.1) is 0 Å². The van der Waals surface area contributed by atoms with Crippen molar-refractivity contribution in [3.05, 3.63) is 12.4 Å². The Morgan fingerprint density at radius 1 is 1.00 bits per heavy atom. The van der Waals surface area contributed by atoms with E-state index in [2.05, 4.69) is 9.97 Å². The monoisotopic (exact) mass is 112 g/mol. The molecule has 4 nitrogen and oxygen atoms in total. The van der Waals surface area contributed by atoms with Crippen LogP contribution in [0, 0.1) is 0 Å². The molecule has 0 radical (unpaired) electrons. The van der Waals surface area contributed by atoms with E-state index in [9.17, 15) is 0 Å². The van der Waals surface area contributed by atoms with Crippen LogP contribution in [-0.4, -0.2) is 20.2 Å². The summed E-state index contributed by atoms with van der Waals surface area (Å²) in [5.41, 5.74) is 0. The Bertz CT molecular complexity index is 168. The van der Waals surface area contributed by atoms with Crippen LogP contribution >= 0.6 is 0 Å². The van der Waals surface area contributed by atoms with E-state index in [1.807, 2.05) is 0 Å². The first-order valence-electron chi connectivity index (χ1n) is 1.99. The Balaban J connectivity index is 3.13. The Labute approximate surface area is 45.5 Å². The molecule has 0 saturated carbocycles. The summed E-state index contributed by atoms with van der Waals surface area (Å²) in [6, 6.07) is 0. The first-order valence-corrected chi connectivity index (χ1v) is 1.99. The van der Waals surface area contributed by atoms with Crippen molar-refractivity contribution in [2.24, 2.45) is 0 Å². The molecule has 0 aliphatic rings. The number of aromatic nitrogens is 2. The number of hydrogen-bond acceptors (Lipinski definition) is 4. The Morgan fingerprint density at radius 2 is 1.38 bits per heavy atom. The highest BCUT2D eigenvalue weighted by Crippen LogP contribution is 2.13. The minimum Gasteiger partial charge on any atom is -0.489 e. The first-order chi connectivity index (χ1) is 3.80. The van der Waals surface area contributed by atoms with E-state index in [1.54, 1.807) is 0 Å². The molecule has 0 bridgehead atoms. The van der Waals surface area contributed by atoms with Gasteiger partial charge in [0.1, 0.15) is 0 Å². The molecule has 1 rings (SSSR count). The summed E-state index contributed by atoms with van der Waals surface area (Å²) in [4.78, 5) is 6.64. The number of aromatic hydroxyl groups is 2. The van der Waals surface area contributed by atoms with E-state index in [0.717, 1.165) is 0 Å². The van der Waals surface area contributed by atoms with Gasteiger partial charge in [-0.1, -0.05) is 0 Å². The molecule has 0 aromatic carbocycles. The van der Waals surface area contributed by atoms with Gasteiger partial charge in [-0.3, -0.25) is 0 Å². The standard InChI is InChI=1S/C4H4N2O2/c7-3-4(8)6-2-1-5-3/h1-2H,(H,5,7)(H,6,8). The smallest absolute Gasteiger partial charge is 0.275 e. The van der Waals surface area contributed by atoms with E-state index in [1.165, 1.54) is 12.4 Å². The summed E-state index contributed by atoms with van der Waals surface area (Å²) < 4.78 is 0. The molecule has 1 aromatic rings. The van der Waals surface area contributed by atoms with Crippen LogP contribution in [-0.2, 0) is 0 Å². The number of nitrogens with zero attached hydrogens (tertiary/aromatic N) is 2. The van der Waals surface area contributed by atoms with Gasteiger partial charge in [-0.2, -0.15) is 0 Å². The molecule has 0 amide bonds. The number of rotatable bonds is 0. The molecule has 1 aromatic heterocycles. The average molecular weight is 112 g/mol. The second-order valence-corrected chi connectivity index (χ2v) is 1.20. The minimum absolute atomic E-state index is 0.437. The second-order valence-electron chi connectivity index (χ2n) is 1.20. The molecule has 4 heteroatoms. The summed E-state index contributed by atoms with van der Waals surface area (Å²) in [5, 5.41) is 17.0. The SMILES string of the molecule is Oc1nccnc1O. The predicted molar refractivity (Wildman–Crippen MR) is 25.4 cm³/mol. The fourth-order valence-corrected chi connectivity index (χ4v) is 0.323. The minimum atomic E-state index is -0.437. The van der Waals surface area contributed by atoms with Crippen molar-refractivity contribution in [3.8, 4) is 11.8 Å². The molecule has 0 spiro atoms. The van der Waals surface area contributed by atoms with E-state index in [0.29, 0.717) is 0 Å². The lowest BCUT2D eigenvalue weighted by Crippen LogP contribution is -1.76. The fourth-order valence-electron chi connectivity index (χ4n) is 0.323. The Kier molecular flexibility index (Phi) is 0.997. The summed E-state index contributed by atoms with van der Waals surface area (Å²) >= 11 is 0. The van der Waals surface area contributed by atoms with Crippen molar-refractivity contribution >= 4 is 0 Å². The van der Waals surface area contributed by atoms with Crippen LogP contribution in [0.3, 0.4) is 0 Å². The molecule has 0 fully saturated rings. The molecule has 0 aliphatic carbocycles. The fraction of sp³-hybridized carbons (Fsp3) is 0. The summed E-state index contributed by atoms with van der Waals surface area (Å²) in [5.74, 6) is -0.875. The zero-order chi connectivity index (χ0) is 5.98. The topological polar surface area (TPSA) is 66.2 Å². The lowest BCUT2D eigenvalue weighted by molar-refractivity contribution is 0.374. The first kappa shape index (κ1) is 4.83. The van der Waals surface area contributed by atoms with Crippen LogP contribution in [0.5, 0.6) is 11.8 Å². The van der Waals surface area contributed by atoms with Crippen LogP contribution in [0.1, 0.15) is 0 Å². The van der Waals surface area contributed by atoms with Gasteiger partial charge in [0.25, 0.3) is 11.8 Å². The van der Waals surface area contributed by atoms with Crippen molar-refractivity contribution in [2.75, 3.05) is 0 Å². The third kappa shape index (κ3) is 0.676. The molecular formula is C4H4N2O2. The van der Waals surface area contributed by atoms with E-state index in [-0.39, 0.29) is 0 Å². The highest BCUT2D eigenvalue weighted by molar-refractivity contribution is 5.19. The van der Waals surface area contributed by atoms with Gasteiger partial charge < -0.3 is 10.2 Å². The quantitative estimate of drug-likeness (QED) is 0.491. The maximum absolute atomic E-state index is 8.50. The van der Waals surface area contributed by atoms with Gasteiger partial charge in [0.05, 0.1) is 0 Å². The maximum Gasteiger partial charge on any atom is 0.275 e. The van der Waals surface area contributed by atoms with Crippen LogP contribution < -0.4 is 0 Å². The molecule has 42 valence electrons. The normalized spacial score (nSPS) is 9.00. The zero-order valence-corrected chi connectivity index (χ0v) is 3.94. The zero-order valence-electron chi connectivity index (χ0n) is 3.94. The van der Waals surface area contributed by atoms with E-state index >= 15 is 0 Å². The third-order valence-corrected chi connectivity index (χ3v) is 0.660. The van der Waals surface area contributed by atoms with Gasteiger partial charge in [-0.25, -0.2) is 9.97 Å². The Morgan fingerprint density at radius 3 is 1.62 bits per heavy atom. The van der Waals surface area contributed by atoms with Gasteiger partial charge in [0.15, 0.2) is 0 Å². The highest BCUT2D eigenvalue weighted by Gasteiger charge is 1.94. The summed E-state index contributed by atoms with van der Waals surface area (Å²) in [6.07, 6.45) is 2.57. The largest absolute Gasteiger partial charge is 0.489 e. The van der Waals surface area contributed by atoms with Gasteiger partial charge in [0.2, 0.25) is 0 Å². The van der Waals surface area contributed by atoms with Crippen molar-refractivity contribution in [3.63, 3.8) is 0 Å². The molecular weight excluding hydrogens is 108 g/mol. The van der Waals surface area contributed by atoms with E-state index in [4.69, 9.17) is 10.2 Å². The molecule has 0 aliphatic heterocycles. The van der Waals surface area contributed by atoms with Gasteiger partial charge in [0, 0.05) is 12.4 Å². The Hall–Kier alpha value is -1.32. The van der Waals surface area contributed by atoms with Crippen LogP contribution in [0.2, 0.25) is 0 Å². The van der Waals surface area contributed by atoms with Crippen molar-refractivity contribution in [1.82, 2.24) is 9.97 Å². The number of hydrogen-bond donors (Lipinski definition) is 2. The van der Waals surface area contributed by atoms with Gasteiger partial charge in [-0.05, 0) is 0 Å². The summed E-state index contributed by atoms with van der Waals surface area (Å²) in [6.45, 7) is 0. The van der Waals surface area contributed by atoms with Crippen LogP contribution in [0.4, 0.5) is 0 Å². The molecule has 8 heavy (non-hydrogen) atoms. The molecule has 0 saturated heterocycles. The van der Waals surface area contributed by atoms with E-state index < -0.39 is 11.8 Å². The maximum atomic E-state index is 8.50. The second kappa shape index (κ2) is 1.65. The van der Waals surface area contributed by atoms with Crippen molar-refractivity contribution in [2.45, 2.75) is 0 Å². The molecule has 1 heterocycles. The molecule has 0 unspecified atom stereocenters. The predicted octanol–water partition coefficient (Wildman–Crippen LogP) is -0.112. The van der Waals surface area contributed by atoms with Crippen LogP contribution in [0.15, 0.2) is 12.4 Å². The lowest BCUT2D eigenvalue weighted by Gasteiger charge is -1.88. The van der Waals surface area contributed by atoms with Gasteiger partial charge >= 0.3 is 0 Å². The molecule has 0 atom stereocenters. The third-order valence-electron chi connectivity index (χ3n) is 0.660. The van der Waals surface area contributed by atoms with Crippen molar-refractivity contribution in [1.29, 1.82) is 0 Å².